The van der Waals surface area contributed by atoms with Gasteiger partial charge in [0, 0.05) is 42.8 Å². The van der Waals surface area contributed by atoms with Crippen molar-refractivity contribution in [2.75, 3.05) is 43.9 Å². The lowest BCUT2D eigenvalue weighted by molar-refractivity contribution is 0.208. The quantitative estimate of drug-likeness (QED) is 0.459. The van der Waals surface area contributed by atoms with Crippen LogP contribution >= 0.6 is 11.6 Å². The van der Waals surface area contributed by atoms with Crippen LogP contribution in [0.2, 0.25) is 5.02 Å². The van der Waals surface area contributed by atoms with Gasteiger partial charge in [0.05, 0.1) is 23.9 Å². The van der Waals surface area contributed by atoms with E-state index in [4.69, 9.17) is 37.1 Å². The number of ether oxygens (including phenoxy) is 1. The third kappa shape index (κ3) is 4.15. The summed E-state index contributed by atoms with van der Waals surface area (Å²) in [5, 5.41) is 6.12. The Morgan fingerprint density at radius 3 is 2.38 bits per heavy atom. The lowest BCUT2D eigenvalue weighted by atomic mass is 10.1. The number of hydrogen-bond acceptors (Lipinski definition) is 7. The van der Waals surface area contributed by atoms with Gasteiger partial charge in [-0.2, -0.15) is 4.98 Å². The van der Waals surface area contributed by atoms with Crippen molar-refractivity contribution in [1.29, 1.82) is 0 Å². The number of nitrogens with two attached hydrogens (primary N) is 1. The summed E-state index contributed by atoms with van der Waals surface area (Å²) in [4.78, 5) is 14.5. The fourth-order valence-electron chi connectivity index (χ4n) is 4.34. The van der Waals surface area contributed by atoms with Crippen LogP contribution in [0.4, 0.5) is 11.8 Å². The van der Waals surface area contributed by atoms with Crippen molar-refractivity contribution in [2.24, 2.45) is 0 Å². The summed E-state index contributed by atoms with van der Waals surface area (Å²) in [6.07, 6.45) is 0. The van der Waals surface area contributed by atoms with Crippen molar-refractivity contribution in [3.63, 3.8) is 0 Å². The first-order valence-corrected chi connectivity index (χ1v) is 11.8. The van der Waals surface area contributed by atoms with Crippen molar-refractivity contribution in [1.82, 2.24) is 24.6 Å². The van der Waals surface area contributed by atoms with E-state index in [2.05, 4.69) is 23.6 Å². The third-order valence-electron chi connectivity index (χ3n) is 6.30. The summed E-state index contributed by atoms with van der Waals surface area (Å²) in [5.41, 5.74) is 9.61. The number of nitrogen functional groups attached to an aromatic ring is 1. The number of rotatable bonds is 5. The summed E-state index contributed by atoms with van der Waals surface area (Å²) in [6.45, 7) is 8.09. The number of methoxy groups -OCH3 is 1. The maximum absolute atomic E-state index is 6.63. The van der Waals surface area contributed by atoms with Gasteiger partial charge in [-0.15, -0.1) is 5.10 Å². The molecule has 0 spiro atoms. The van der Waals surface area contributed by atoms with Crippen molar-refractivity contribution in [3.05, 3.63) is 53.6 Å². The number of anilines is 2. The molecular formula is C25H28ClN7O. The van der Waals surface area contributed by atoms with Crippen molar-refractivity contribution in [3.8, 4) is 22.7 Å². The SMILES string of the molecule is COc1ccc(-n2nc3nc(N4CCN(C(C)C)CC4)nc(-c4cccc(Cl)c4)c3c2N)cc1. The summed E-state index contributed by atoms with van der Waals surface area (Å²) in [7, 11) is 1.64. The Hall–Kier alpha value is -3.36. The molecule has 3 heterocycles. The van der Waals surface area contributed by atoms with Crippen molar-refractivity contribution in [2.45, 2.75) is 19.9 Å². The number of benzene rings is 2. The van der Waals surface area contributed by atoms with Crippen LogP contribution in [0, 0.1) is 0 Å². The predicted molar refractivity (Wildman–Crippen MR) is 137 cm³/mol. The molecule has 1 aliphatic heterocycles. The molecular weight excluding hydrogens is 450 g/mol. The van der Waals surface area contributed by atoms with E-state index in [0.717, 1.165) is 48.9 Å². The summed E-state index contributed by atoms with van der Waals surface area (Å²) in [5.74, 6) is 1.90. The summed E-state index contributed by atoms with van der Waals surface area (Å²) in [6, 6.07) is 15.8. The Morgan fingerprint density at radius 1 is 1.00 bits per heavy atom. The van der Waals surface area contributed by atoms with Gasteiger partial charge in [-0.3, -0.25) is 4.90 Å². The Kier molecular flexibility index (Phi) is 6.02. The second kappa shape index (κ2) is 9.12. The molecule has 1 saturated heterocycles. The van der Waals surface area contributed by atoms with Crippen LogP contribution in [0.15, 0.2) is 48.5 Å². The molecule has 2 N–H and O–H groups in total. The number of piperazine rings is 1. The van der Waals surface area contributed by atoms with Gasteiger partial charge in [0.15, 0.2) is 5.65 Å². The molecule has 0 bridgehead atoms. The van der Waals surface area contributed by atoms with Crippen LogP contribution in [0.1, 0.15) is 13.8 Å². The second-order valence-corrected chi connectivity index (χ2v) is 9.13. The summed E-state index contributed by atoms with van der Waals surface area (Å²) < 4.78 is 6.98. The average molecular weight is 478 g/mol. The monoisotopic (exact) mass is 477 g/mol. The van der Waals surface area contributed by atoms with Gasteiger partial charge in [-0.25, -0.2) is 9.67 Å². The van der Waals surface area contributed by atoms with Crippen LogP contribution in [0.3, 0.4) is 0 Å². The fourth-order valence-corrected chi connectivity index (χ4v) is 4.54. The molecule has 9 heteroatoms. The number of halogens is 1. The Bertz CT molecular complexity index is 1310. The highest BCUT2D eigenvalue weighted by Crippen LogP contribution is 2.34. The third-order valence-corrected chi connectivity index (χ3v) is 6.53. The van der Waals surface area contributed by atoms with E-state index in [9.17, 15) is 0 Å². The molecule has 0 amide bonds. The fraction of sp³-hybridized carbons (Fsp3) is 0.320. The van der Waals surface area contributed by atoms with E-state index in [1.165, 1.54) is 0 Å². The Labute approximate surface area is 203 Å². The average Bonchev–Trinajstić information content (AvgIpc) is 3.20. The maximum Gasteiger partial charge on any atom is 0.228 e. The molecule has 2 aromatic heterocycles. The van der Waals surface area contributed by atoms with Crippen LogP contribution in [-0.2, 0) is 0 Å². The normalized spacial score (nSPS) is 14.8. The molecule has 0 aliphatic carbocycles. The first-order valence-electron chi connectivity index (χ1n) is 11.4. The van der Waals surface area contributed by atoms with Crippen molar-refractivity contribution >= 4 is 34.4 Å². The zero-order valence-corrected chi connectivity index (χ0v) is 20.3. The van der Waals surface area contributed by atoms with E-state index in [0.29, 0.717) is 33.9 Å². The smallest absolute Gasteiger partial charge is 0.228 e. The van der Waals surface area contributed by atoms with Gasteiger partial charge < -0.3 is 15.4 Å². The van der Waals surface area contributed by atoms with Gasteiger partial charge in [0.2, 0.25) is 5.95 Å². The van der Waals surface area contributed by atoms with Gasteiger partial charge in [-0.05, 0) is 50.2 Å². The molecule has 0 atom stereocenters. The molecule has 1 fully saturated rings. The zero-order chi connectivity index (χ0) is 23.8. The Balaban J connectivity index is 1.64. The van der Waals surface area contributed by atoms with Crippen molar-refractivity contribution < 1.29 is 4.74 Å². The molecule has 34 heavy (non-hydrogen) atoms. The molecule has 5 rings (SSSR count). The standard InChI is InChI=1S/C25H28ClN7O/c1-16(2)31-11-13-32(14-12-31)25-28-22(17-5-4-6-18(26)15-17)21-23(27)33(30-24(21)29-25)19-7-9-20(34-3)10-8-19/h4-10,15-16H,11-14,27H2,1-3H3. The topological polar surface area (TPSA) is 85.3 Å². The minimum Gasteiger partial charge on any atom is -0.497 e. The van der Waals surface area contributed by atoms with Crippen LogP contribution in [-0.4, -0.2) is 64.0 Å². The minimum atomic E-state index is 0.478. The van der Waals surface area contributed by atoms with E-state index in [-0.39, 0.29) is 0 Å². The number of nitrogens with zero attached hydrogens (tertiary/aromatic N) is 6. The molecule has 0 unspecified atom stereocenters. The van der Waals surface area contributed by atoms with Gasteiger partial charge in [-0.1, -0.05) is 23.7 Å². The van der Waals surface area contributed by atoms with E-state index in [1.807, 2.05) is 48.5 Å². The lowest BCUT2D eigenvalue weighted by Crippen LogP contribution is -2.49. The van der Waals surface area contributed by atoms with Gasteiger partial charge >= 0.3 is 0 Å². The summed E-state index contributed by atoms with van der Waals surface area (Å²) >= 11 is 6.33. The van der Waals surface area contributed by atoms with E-state index >= 15 is 0 Å². The molecule has 8 nitrogen and oxygen atoms in total. The van der Waals surface area contributed by atoms with Crippen LogP contribution in [0.5, 0.6) is 5.75 Å². The van der Waals surface area contributed by atoms with E-state index < -0.39 is 0 Å². The highest BCUT2D eigenvalue weighted by molar-refractivity contribution is 6.30. The lowest BCUT2D eigenvalue weighted by Gasteiger charge is -2.36. The molecule has 2 aromatic carbocycles. The van der Waals surface area contributed by atoms with Gasteiger partial charge in [0.25, 0.3) is 0 Å². The van der Waals surface area contributed by atoms with Crippen LogP contribution < -0.4 is 15.4 Å². The largest absolute Gasteiger partial charge is 0.497 e. The van der Waals surface area contributed by atoms with E-state index in [1.54, 1.807) is 11.8 Å². The first kappa shape index (κ1) is 22.4. The van der Waals surface area contributed by atoms with Crippen LogP contribution in [0.25, 0.3) is 28.0 Å². The Morgan fingerprint density at radius 2 is 1.74 bits per heavy atom. The highest BCUT2D eigenvalue weighted by atomic mass is 35.5. The first-order chi connectivity index (χ1) is 16.4. The molecule has 0 saturated carbocycles. The highest BCUT2D eigenvalue weighted by Gasteiger charge is 2.24. The van der Waals surface area contributed by atoms with Gasteiger partial charge in [0.1, 0.15) is 11.6 Å². The maximum atomic E-state index is 6.63. The number of aromatic nitrogens is 4. The molecule has 176 valence electrons. The zero-order valence-electron chi connectivity index (χ0n) is 19.6. The molecule has 1 aliphatic rings. The minimum absolute atomic E-state index is 0.478. The molecule has 0 radical (unpaired) electrons. The second-order valence-electron chi connectivity index (χ2n) is 8.69. The molecule has 4 aromatic rings. The predicted octanol–water partition coefficient (Wildman–Crippen LogP) is 4.26. The number of hydrogen-bond donors (Lipinski definition) is 1. The number of fused-ring (bicyclic) bond motifs is 1.